The zero-order valence-electron chi connectivity index (χ0n) is 9.47. The molecule has 0 aliphatic carbocycles. The molecule has 2 N–H and O–H groups in total. The Morgan fingerprint density at radius 1 is 1.27 bits per heavy atom. The molecule has 0 aromatic carbocycles. The van der Waals surface area contributed by atoms with E-state index in [2.05, 4.69) is 20.5 Å². The minimum Gasteiger partial charge on any atom is -0.356 e. The van der Waals surface area contributed by atoms with Crippen LogP contribution in [-0.4, -0.2) is 50.1 Å². The van der Waals surface area contributed by atoms with Crippen molar-refractivity contribution in [2.45, 2.75) is 25.7 Å². The average Bonchev–Trinajstić information content (AvgIpc) is 2.79. The summed E-state index contributed by atoms with van der Waals surface area (Å²) in [4.78, 5) is 6.93. The topological polar surface area (TPSA) is 39.7 Å². The van der Waals surface area contributed by atoms with Crippen molar-refractivity contribution in [3.63, 3.8) is 0 Å². The Labute approximate surface area is 92.1 Å². The molecule has 1 fully saturated rings. The third-order valence-corrected chi connectivity index (χ3v) is 3.04. The highest BCUT2D eigenvalue weighted by atomic mass is 15.2. The Morgan fingerprint density at radius 2 is 2.13 bits per heavy atom. The lowest BCUT2D eigenvalue weighted by Gasteiger charge is -2.17. The molecule has 0 aromatic heterocycles. The summed E-state index contributed by atoms with van der Waals surface area (Å²) < 4.78 is 0. The monoisotopic (exact) mass is 210 g/mol. The molecule has 4 nitrogen and oxygen atoms in total. The Kier molecular flexibility index (Phi) is 4.26. The highest BCUT2D eigenvalue weighted by Crippen LogP contribution is 2.06. The molecule has 0 radical (unpaired) electrons. The second-order valence-corrected chi connectivity index (χ2v) is 4.34. The van der Waals surface area contributed by atoms with E-state index >= 15 is 0 Å². The smallest absolute Gasteiger partial charge is 0.191 e. The Balaban J connectivity index is 1.52. The summed E-state index contributed by atoms with van der Waals surface area (Å²) in [5, 5.41) is 6.63. The van der Waals surface area contributed by atoms with Crippen molar-refractivity contribution in [3.8, 4) is 0 Å². The highest BCUT2D eigenvalue weighted by molar-refractivity contribution is 5.80. The first-order valence-corrected chi connectivity index (χ1v) is 6.20. The van der Waals surface area contributed by atoms with Crippen molar-refractivity contribution in [1.82, 2.24) is 15.5 Å². The van der Waals surface area contributed by atoms with Crippen LogP contribution in [0.2, 0.25) is 0 Å². The maximum atomic E-state index is 4.38. The predicted octanol–water partition coefficient (Wildman–Crippen LogP) is 0.411. The van der Waals surface area contributed by atoms with Crippen molar-refractivity contribution in [2.75, 3.05) is 39.3 Å². The van der Waals surface area contributed by atoms with Gasteiger partial charge in [-0.25, -0.2) is 0 Å². The summed E-state index contributed by atoms with van der Waals surface area (Å²) in [6.45, 7) is 6.93. The lowest BCUT2D eigenvalue weighted by Crippen LogP contribution is -2.41. The molecule has 2 rings (SSSR count). The van der Waals surface area contributed by atoms with Crippen LogP contribution in [0, 0.1) is 0 Å². The molecule has 4 heteroatoms. The summed E-state index contributed by atoms with van der Waals surface area (Å²) >= 11 is 0. The Bertz CT molecular complexity index is 209. The van der Waals surface area contributed by atoms with Gasteiger partial charge in [0.25, 0.3) is 0 Å². The van der Waals surface area contributed by atoms with E-state index in [1.807, 2.05) is 0 Å². The Morgan fingerprint density at radius 3 is 2.87 bits per heavy atom. The third kappa shape index (κ3) is 3.70. The van der Waals surface area contributed by atoms with Gasteiger partial charge in [0, 0.05) is 19.6 Å². The molecule has 2 aliphatic rings. The van der Waals surface area contributed by atoms with Crippen LogP contribution in [-0.2, 0) is 0 Å². The zero-order valence-corrected chi connectivity index (χ0v) is 9.47. The maximum absolute atomic E-state index is 4.38. The van der Waals surface area contributed by atoms with Crippen molar-refractivity contribution in [1.29, 1.82) is 0 Å². The van der Waals surface area contributed by atoms with Gasteiger partial charge in [0.2, 0.25) is 0 Å². The van der Waals surface area contributed by atoms with E-state index in [0.29, 0.717) is 0 Å². The van der Waals surface area contributed by atoms with E-state index in [9.17, 15) is 0 Å². The van der Waals surface area contributed by atoms with Crippen LogP contribution in [0.25, 0.3) is 0 Å². The maximum Gasteiger partial charge on any atom is 0.191 e. The molecule has 0 aromatic rings. The van der Waals surface area contributed by atoms with Gasteiger partial charge < -0.3 is 15.5 Å². The number of rotatable bonds is 4. The lowest BCUT2D eigenvalue weighted by molar-refractivity contribution is 0.334. The number of hydrogen-bond donors (Lipinski definition) is 2. The van der Waals surface area contributed by atoms with Crippen LogP contribution >= 0.6 is 0 Å². The molecular weight excluding hydrogens is 188 g/mol. The van der Waals surface area contributed by atoms with Crippen molar-refractivity contribution in [2.24, 2.45) is 4.99 Å². The minimum absolute atomic E-state index is 0.974. The average molecular weight is 210 g/mol. The first-order valence-electron chi connectivity index (χ1n) is 6.20. The quantitative estimate of drug-likeness (QED) is 0.660. The zero-order chi connectivity index (χ0) is 10.3. The second kappa shape index (κ2) is 5.95. The Hall–Kier alpha value is -0.770. The fourth-order valence-corrected chi connectivity index (χ4v) is 2.17. The molecule has 15 heavy (non-hydrogen) atoms. The normalized spacial score (nSPS) is 22.3. The highest BCUT2D eigenvalue weighted by Gasteiger charge is 2.10. The van der Waals surface area contributed by atoms with Gasteiger partial charge in [-0.05, 0) is 45.3 Å². The number of likely N-dealkylation sites (tertiary alicyclic amines) is 1. The largest absolute Gasteiger partial charge is 0.356 e. The van der Waals surface area contributed by atoms with Gasteiger partial charge in [0.05, 0.1) is 0 Å². The fraction of sp³-hybridized carbons (Fsp3) is 0.909. The summed E-state index contributed by atoms with van der Waals surface area (Å²) in [5.74, 6) is 1.00. The van der Waals surface area contributed by atoms with E-state index in [-0.39, 0.29) is 0 Å². The van der Waals surface area contributed by atoms with Gasteiger partial charge in [0.1, 0.15) is 0 Å². The van der Waals surface area contributed by atoms with Crippen LogP contribution in [0.3, 0.4) is 0 Å². The van der Waals surface area contributed by atoms with Gasteiger partial charge in [-0.1, -0.05) is 0 Å². The number of aliphatic imine (C=N–C) groups is 1. The summed E-state index contributed by atoms with van der Waals surface area (Å²) in [6, 6.07) is 0. The number of guanidine groups is 1. The minimum atomic E-state index is 0.974. The van der Waals surface area contributed by atoms with Gasteiger partial charge in [0.15, 0.2) is 5.96 Å². The van der Waals surface area contributed by atoms with Gasteiger partial charge >= 0.3 is 0 Å². The van der Waals surface area contributed by atoms with E-state index in [4.69, 9.17) is 0 Å². The van der Waals surface area contributed by atoms with Gasteiger partial charge in [-0.15, -0.1) is 0 Å². The van der Waals surface area contributed by atoms with E-state index in [1.165, 1.54) is 45.3 Å². The molecule has 0 spiro atoms. The number of nitrogens with one attached hydrogen (secondary N) is 2. The standard InChI is InChI=1S/C11H22N4/c1-2-9-15(8-1)10-4-7-14-11-12-5-3-6-13-11/h1-10H2,(H2,12,13,14). The van der Waals surface area contributed by atoms with Crippen LogP contribution in [0.5, 0.6) is 0 Å². The van der Waals surface area contributed by atoms with Crippen molar-refractivity contribution >= 4 is 5.96 Å². The molecule has 0 unspecified atom stereocenters. The molecule has 0 saturated carbocycles. The van der Waals surface area contributed by atoms with E-state index in [0.717, 1.165) is 25.6 Å². The first kappa shape index (κ1) is 10.7. The van der Waals surface area contributed by atoms with Crippen molar-refractivity contribution in [3.05, 3.63) is 0 Å². The molecule has 1 saturated heterocycles. The van der Waals surface area contributed by atoms with E-state index in [1.54, 1.807) is 0 Å². The number of hydrogen-bond acceptors (Lipinski definition) is 4. The lowest BCUT2D eigenvalue weighted by atomic mass is 10.3. The fourth-order valence-electron chi connectivity index (χ4n) is 2.17. The van der Waals surface area contributed by atoms with E-state index < -0.39 is 0 Å². The number of nitrogens with zero attached hydrogens (tertiary/aromatic N) is 2. The molecule has 0 amide bonds. The molecular formula is C11H22N4. The summed E-state index contributed by atoms with van der Waals surface area (Å²) in [5.41, 5.74) is 0. The molecule has 0 bridgehead atoms. The third-order valence-electron chi connectivity index (χ3n) is 3.04. The van der Waals surface area contributed by atoms with Crippen molar-refractivity contribution < 1.29 is 0 Å². The molecule has 2 heterocycles. The summed E-state index contributed by atoms with van der Waals surface area (Å²) in [7, 11) is 0. The SMILES string of the molecule is C1CN=C(NCCCN2CCCC2)NC1. The van der Waals surface area contributed by atoms with Crippen LogP contribution in [0.15, 0.2) is 4.99 Å². The molecule has 0 atom stereocenters. The molecule has 2 aliphatic heterocycles. The summed E-state index contributed by atoms with van der Waals surface area (Å²) in [6.07, 6.45) is 5.17. The van der Waals surface area contributed by atoms with Gasteiger partial charge in [-0.2, -0.15) is 0 Å². The van der Waals surface area contributed by atoms with Gasteiger partial charge in [-0.3, -0.25) is 4.99 Å². The molecule has 86 valence electrons. The first-order chi connectivity index (χ1) is 7.45. The van der Waals surface area contributed by atoms with Crippen LogP contribution < -0.4 is 10.6 Å². The second-order valence-electron chi connectivity index (χ2n) is 4.34. The van der Waals surface area contributed by atoms with Crippen LogP contribution in [0.1, 0.15) is 25.7 Å². The van der Waals surface area contributed by atoms with Crippen LogP contribution in [0.4, 0.5) is 0 Å². The predicted molar refractivity (Wildman–Crippen MR) is 63.2 cm³/mol.